The minimum atomic E-state index is -0.234. The van der Waals surface area contributed by atoms with Crippen LogP contribution in [0.15, 0.2) is 65.2 Å². The van der Waals surface area contributed by atoms with Crippen LogP contribution in [0, 0.1) is 12.7 Å². The summed E-state index contributed by atoms with van der Waals surface area (Å²) in [5, 5.41) is 4.15. The molecule has 3 aromatic carbocycles. The van der Waals surface area contributed by atoms with Crippen LogP contribution in [-0.4, -0.2) is 4.98 Å². The summed E-state index contributed by atoms with van der Waals surface area (Å²) < 4.78 is 20.6. The van der Waals surface area contributed by atoms with Gasteiger partial charge in [-0.25, -0.2) is 4.39 Å². The SMILES string of the molecule is Cc1cc(-c2ncc(C3CCCC3)c3ccc(F)cc23)c2oc3ccccc3c2c1. The summed E-state index contributed by atoms with van der Waals surface area (Å²) in [6, 6.07) is 17.5. The number of benzene rings is 3. The second kappa shape index (κ2) is 6.66. The van der Waals surface area contributed by atoms with Crippen molar-refractivity contribution in [2.75, 3.05) is 0 Å². The molecule has 2 heterocycles. The zero-order valence-electron chi connectivity index (χ0n) is 16.9. The van der Waals surface area contributed by atoms with Crippen LogP contribution >= 0.6 is 0 Å². The van der Waals surface area contributed by atoms with Gasteiger partial charge in [0.05, 0.1) is 5.69 Å². The molecule has 1 fully saturated rings. The van der Waals surface area contributed by atoms with Crippen LogP contribution in [0.1, 0.15) is 42.7 Å². The second-order valence-corrected chi connectivity index (χ2v) is 8.52. The van der Waals surface area contributed by atoms with E-state index in [1.165, 1.54) is 31.2 Å². The summed E-state index contributed by atoms with van der Waals surface area (Å²) in [5.41, 5.74) is 5.77. The number of hydrogen-bond donors (Lipinski definition) is 0. The number of aromatic nitrogens is 1. The molecular weight excluding hydrogens is 373 g/mol. The molecule has 0 bridgehead atoms. The van der Waals surface area contributed by atoms with E-state index < -0.39 is 0 Å². The van der Waals surface area contributed by atoms with Crippen molar-refractivity contribution in [2.24, 2.45) is 0 Å². The first-order chi connectivity index (χ1) is 14.7. The third-order valence-electron chi connectivity index (χ3n) is 6.55. The number of aryl methyl sites for hydroxylation is 1. The number of rotatable bonds is 2. The first-order valence-electron chi connectivity index (χ1n) is 10.7. The number of halogens is 1. The van der Waals surface area contributed by atoms with Crippen molar-refractivity contribution in [2.45, 2.75) is 38.5 Å². The summed E-state index contributed by atoms with van der Waals surface area (Å²) in [4.78, 5) is 4.90. The first kappa shape index (κ1) is 17.6. The highest BCUT2D eigenvalue weighted by Gasteiger charge is 2.22. The van der Waals surface area contributed by atoms with E-state index in [2.05, 4.69) is 25.1 Å². The highest BCUT2D eigenvalue weighted by atomic mass is 19.1. The molecule has 0 atom stereocenters. The van der Waals surface area contributed by atoms with Crippen LogP contribution in [0.5, 0.6) is 0 Å². The van der Waals surface area contributed by atoms with Gasteiger partial charge >= 0.3 is 0 Å². The summed E-state index contributed by atoms with van der Waals surface area (Å²) in [7, 11) is 0. The fourth-order valence-electron chi connectivity index (χ4n) is 5.16. The lowest BCUT2D eigenvalue weighted by Crippen LogP contribution is -1.98. The minimum Gasteiger partial charge on any atom is -0.455 e. The van der Waals surface area contributed by atoms with Crippen LogP contribution in [0.3, 0.4) is 0 Å². The van der Waals surface area contributed by atoms with E-state index >= 15 is 0 Å². The summed E-state index contributed by atoms with van der Waals surface area (Å²) in [6.45, 7) is 2.08. The third kappa shape index (κ3) is 2.65. The number of pyridine rings is 1. The van der Waals surface area contributed by atoms with Crippen LogP contribution in [0.2, 0.25) is 0 Å². The van der Waals surface area contributed by atoms with E-state index in [1.807, 2.05) is 30.5 Å². The second-order valence-electron chi connectivity index (χ2n) is 8.52. The number of para-hydroxylation sites is 1. The normalized spacial score (nSPS) is 15.0. The molecule has 1 aliphatic rings. The molecule has 1 aliphatic carbocycles. The van der Waals surface area contributed by atoms with Gasteiger partial charge in [-0.2, -0.15) is 0 Å². The Morgan fingerprint density at radius 1 is 0.900 bits per heavy atom. The fourth-order valence-corrected chi connectivity index (χ4v) is 5.16. The van der Waals surface area contributed by atoms with Gasteiger partial charge < -0.3 is 4.42 Å². The van der Waals surface area contributed by atoms with Crippen LogP contribution in [-0.2, 0) is 0 Å². The molecule has 0 saturated heterocycles. The minimum absolute atomic E-state index is 0.234. The lowest BCUT2D eigenvalue weighted by atomic mass is 9.91. The fraction of sp³-hybridized carbons (Fsp3) is 0.222. The highest BCUT2D eigenvalue weighted by molar-refractivity contribution is 6.12. The maximum atomic E-state index is 14.4. The summed E-state index contributed by atoms with van der Waals surface area (Å²) >= 11 is 0. The van der Waals surface area contributed by atoms with E-state index in [9.17, 15) is 4.39 Å². The van der Waals surface area contributed by atoms with Gasteiger partial charge in [0.25, 0.3) is 0 Å². The standard InChI is InChI=1S/C27H22FNO/c1-16-12-22-20-8-4-5-9-25(20)30-27(22)23(13-16)26-21-14-18(28)10-11-19(21)24(15-29-26)17-6-2-3-7-17/h4-5,8-15,17H,2-3,6-7H2,1H3. The smallest absolute Gasteiger partial charge is 0.144 e. The lowest BCUT2D eigenvalue weighted by Gasteiger charge is -2.16. The zero-order valence-corrected chi connectivity index (χ0v) is 16.9. The molecule has 5 aromatic rings. The molecule has 30 heavy (non-hydrogen) atoms. The number of furan rings is 1. The number of fused-ring (bicyclic) bond motifs is 4. The Labute approximate surface area is 174 Å². The first-order valence-corrected chi connectivity index (χ1v) is 10.7. The molecule has 0 spiro atoms. The molecule has 0 unspecified atom stereocenters. The largest absolute Gasteiger partial charge is 0.455 e. The van der Waals surface area contributed by atoms with Crippen molar-refractivity contribution >= 4 is 32.7 Å². The van der Waals surface area contributed by atoms with E-state index in [-0.39, 0.29) is 5.82 Å². The van der Waals surface area contributed by atoms with Gasteiger partial charge in [-0.1, -0.05) is 37.1 Å². The Hall–Kier alpha value is -3.20. The third-order valence-corrected chi connectivity index (χ3v) is 6.55. The number of nitrogens with zero attached hydrogens (tertiary/aromatic N) is 1. The van der Waals surface area contributed by atoms with Gasteiger partial charge in [-0.15, -0.1) is 0 Å². The van der Waals surface area contributed by atoms with Crippen LogP contribution in [0.4, 0.5) is 4.39 Å². The van der Waals surface area contributed by atoms with Crippen molar-refractivity contribution in [1.29, 1.82) is 0 Å². The Morgan fingerprint density at radius 2 is 1.73 bits per heavy atom. The maximum Gasteiger partial charge on any atom is 0.144 e. The molecule has 2 aromatic heterocycles. The molecule has 0 amide bonds. The molecule has 0 N–H and O–H groups in total. The van der Waals surface area contributed by atoms with Gasteiger partial charge in [0, 0.05) is 27.9 Å². The van der Waals surface area contributed by atoms with Gasteiger partial charge in [0.1, 0.15) is 17.0 Å². The summed E-state index contributed by atoms with van der Waals surface area (Å²) in [5.74, 6) is 0.283. The van der Waals surface area contributed by atoms with Gasteiger partial charge in [0.15, 0.2) is 0 Å². The summed E-state index contributed by atoms with van der Waals surface area (Å²) in [6.07, 6.45) is 6.90. The lowest BCUT2D eigenvalue weighted by molar-refractivity contribution is 0.629. The predicted molar refractivity (Wildman–Crippen MR) is 120 cm³/mol. The predicted octanol–water partition coefficient (Wildman–Crippen LogP) is 7.91. The Bertz CT molecular complexity index is 1430. The van der Waals surface area contributed by atoms with E-state index in [4.69, 9.17) is 9.40 Å². The molecule has 3 heteroatoms. The zero-order chi connectivity index (χ0) is 20.2. The average Bonchev–Trinajstić information content (AvgIpc) is 3.41. The molecule has 6 rings (SSSR count). The topological polar surface area (TPSA) is 26.0 Å². The molecular formula is C27H22FNO. The average molecular weight is 395 g/mol. The molecule has 2 nitrogen and oxygen atoms in total. The van der Waals surface area contributed by atoms with Crippen molar-refractivity contribution in [3.05, 3.63) is 77.7 Å². The maximum absolute atomic E-state index is 14.4. The molecule has 148 valence electrons. The van der Waals surface area contributed by atoms with Crippen molar-refractivity contribution in [3.63, 3.8) is 0 Å². The Balaban J connectivity index is 1.68. The van der Waals surface area contributed by atoms with Gasteiger partial charge in [0.2, 0.25) is 0 Å². The van der Waals surface area contributed by atoms with E-state index in [1.54, 1.807) is 12.1 Å². The van der Waals surface area contributed by atoms with Gasteiger partial charge in [-0.3, -0.25) is 4.98 Å². The van der Waals surface area contributed by atoms with Crippen molar-refractivity contribution in [1.82, 2.24) is 4.98 Å². The Morgan fingerprint density at radius 3 is 2.60 bits per heavy atom. The highest BCUT2D eigenvalue weighted by Crippen LogP contribution is 2.42. The Kier molecular flexibility index (Phi) is 3.92. The van der Waals surface area contributed by atoms with Crippen LogP contribution < -0.4 is 0 Å². The van der Waals surface area contributed by atoms with Crippen LogP contribution in [0.25, 0.3) is 44.0 Å². The van der Waals surface area contributed by atoms with Crippen molar-refractivity contribution < 1.29 is 8.81 Å². The van der Waals surface area contributed by atoms with E-state index in [0.717, 1.165) is 49.5 Å². The molecule has 0 radical (unpaired) electrons. The molecule has 1 saturated carbocycles. The number of hydrogen-bond acceptors (Lipinski definition) is 2. The molecule has 0 aliphatic heterocycles. The van der Waals surface area contributed by atoms with Crippen molar-refractivity contribution in [3.8, 4) is 11.3 Å². The van der Waals surface area contributed by atoms with E-state index in [0.29, 0.717) is 5.92 Å². The van der Waals surface area contributed by atoms with Gasteiger partial charge in [-0.05, 0) is 72.5 Å². The quantitative estimate of drug-likeness (QED) is 0.303. The monoisotopic (exact) mass is 395 g/mol.